The third-order valence-electron chi connectivity index (χ3n) is 10.2. The summed E-state index contributed by atoms with van der Waals surface area (Å²) in [5.74, 6) is 1.64. The molecule has 0 spiro atoms. The fourth-order valence-electron chi connectivity index (χ4n) is 6.75. The standard InChI is InChI=1S/C26H31Cl2N5O3.C21H24FN7O3/c1-17(2)13-20(29)5-4-12-30-24-31-25(34)33(16-19-8-11-22(27)23(28)14-19)26(35)32(24)15-18-6-9-21(36-3)10-7-18;1-32-17-8-4-15(5-9-17)12-28-19(26-11-10-25-18(23)24)27-20(30)29(21(28)31)13-14-2-6-16(22)7-3-14/h6-11,14,17,29H,4-5,12-13,15-16H2,1-3H3,(H,30,31,34);2-9H,10-13H2,1H3,(H4,23,24,25)(H,26,27,30). The van der Waals surface area contributed by atoms with Crippen molar-refractivity contribution in [2.24, 2.45) is 22.4 Å². The molecule has 0 unspecified atom stereocenters. The molecular weight excluding hydrogens is 918 g/mol. The SMILES string of the molecule is COc1ccc(Cn2c(NCCCC(=N)CC(C)C)nc(=O)n(Cc3ccc(Cl)c(Cl)c3)c2=O)cc1.COc1ccc(Cn2c(NCCN=C(N)N)nc(=O)n(Cc3ccc(F)cc3)c2=O)cc1. The average molecular weight is 974 g/mol. The lowest BCUT2D eigenvalue weighted by Crippen LogP contribution is -2.43. The largest absolute Gasteiger partial charge is 0.497 e. The summed E-state index contributed by atoms with van der Waals surface area (Å²) in [4.78, 5) is 64.3. The van der Waals surface area contributed by atoms with Crippen molar-refractivity contribution < 1.29 is 13.9 Å². The number of aromatic nitrogens is 6. The highest BCUT2D eigenvalue weighted by Crippen LogP contribution is 2.23. The second-order valence-electron chi connectivity index (χ2n) is 15.9. The predicted octanol–water partition coefficient (Wildman–Crippen LogP) is 5.41. The van der Waals surface area contributed by atoms with Gasteiger partial charge >= 0.3 is 22.8 Å². The number of benzene rings is 4. The van der Waals surface area contributed by atoms with Crippen molar-refractivity contribution in [3.63, 3.8) is 0 Å². The van der Waals surface area contributed by atoms with Crippen LogP contribution in [-0.2, 0) is 26.2 Å². The molecule has 0 saturated heterocycles. The Labute approximate surface area is 401 Å². The normalized spacial score (nSPS) is 10.8. The van der Waals surface area contributed by atoms with Crippen LogP contribution in [0.2, 0.25) is 10.0 Å². The van der Waals surface area contributed by atoms with Crippen LogP contribution in [0.1, 0.15) is 55.4 Å². The van der Waals surface area contributed by atoms with Gasteiger partial charge in [-0.25, -0.2) is 32.7 Å². The molecule has 7 N–H and O–H groups in total. The molecule has 6 aromatic rings. The van der Waals surface area contributed by atoms with Gasteiger partial charge in [0.2, 0.25) is 11.9 Å². The molecule has 0 fully saturated rings. The van der Waals surface area contributed by atoms with E-state index < -0.39 is 28.6 Å². The molecule has 21 heteroatoms. The smallest absolute Gasteiger partial charge is 0.355 e. The van der Waals surface area contributed by atoms with Crippen LogP contribution in [0.3, 0.4) is 0 Å². The topological polar surface area (TPSA) is 245 Å². The number of nitrogens with one attached hydrogen (secondary N) is 3. The zero-order valence-corrected chi connectivity index (χ0v) is 39.7. The molecule has 6 rings (SSSR count). The van der Waals surface area contributed by atoms with Gasteiger partial charge in [0.25, 0.3) is 0 Å². The molecule has 4 aromatic carbocycles. The van der Waals surface area contributed by atoms with E-state index in [2.05, 4.69) is 39.4 Å². The summed E-state index contributed by atoms with van der Waals surface area (Å²) < 4.78 is 28.5. The molecule has 0 atom stereocenters. The minimum Gasteiger partial charge on any atom is -0.497 e. The number of aliphatic imine (C=N–C) groups is 1. The van der Waals surface area contributed by atoms with Gasteiger partial charge in [-0.1, -0.05) is 79.5 Å². The molecule has 68 heavy (non-hydrogen) atoms. The number of hydrogen-bond donors (Lipinski definition) is 5. The van der Waals surface area contributed by atoms with Crippen molar-refractivity contribution in [1.82, 2.24) is 28.2 Å². The van der Waals surface area contributed by atoms with Crippen molar-refractivity contribution in [2.75, 3.05) is 44.5 Å². The Kier molecular flexibility index (Phi) is 19.0. The number of ether oxygens (including phenoxy) is 2. The van der Waals surface area contributed by atoms with Crippen LogP contribution >= 0.6 is 23.2 Å². The van der Waals surface area contributed by atoms with Crippen LogP contribution in [-0.4, -0.2) is 73.8 Å². The predicted molar refractivity (Wildman–Crippen MR) is 265 cm³/mol. The lowest BCUT2D eigenvalue weighted by Gasteiger charge is -2.16. The summed E-state index contributed by atoms with van der Waals surface area (Å²) in [5.41, 5.74) is 11.8. The number of halogens is 3. The van der Waals surface area contributed by atoms with E-state index in [4.69, 9.17) is 49.6 Å². The Bertz CT molecular complexity index is 2910. The molecule has 360 valence electrons. The quantitative estimate of drug-likeness (QED) is 0.0346. The van der Waals surface area contributed by atoms with E-state index in [0.717, 1.165) is 26.7 Å². The Morgan fingerprint density at radius 3 is 1.57 bits per heavy atom. The summed E-state index contributed by atoms with van der Waals surface area (Å²) in [6.07, 6.45) is 2.09. The average Bonchev–Trinajstić information content (AvgIpc) is 3.31. The minimum atomic E-state index is -0.727. The van der Waals surface area contributed by atoms with Crippen molar-refractivity contribution in [1.29, 1.82) is 5.41 Å². The Balaban J connectivity index is 0.000000256. The maximum Gasteiger partial charge on any atom is 0.355 e. The fourth-order valence-corrected chi connectivity index (χ4v) is 7.07. The first-order valence-electron chi connectivity index (χ1n) is 21.5. The third kappa shape index (κ3) is 15.1. The van der Waals surface area contributed by atoms with Crippen molar-refractivity contribution in [3.8, 4) is 11.5 Å². The molecule has 2 heterocycles. The number of methoxy groups -OCH3 is 2. The molecule has 2 aromatic heterocycles. The van der Waals surface area contributed by atoms with Gasteiger partial charge in [-0.2, -0.15) is 9.97 Å². The van der Waals surface area contributed by atoms with Gasteiger partial charge in [0.1, 0.15) is 17.3 Å². The zero-order chi connectivity index (χ0) is 49.3. The first-order valence-corrected chi connectivity index (χ1v) is 22.3. The summed E-state index contributed by atoms with van der Waals surface area (Å²) in [5, 5.41) is 14.9. The molecule has 0 radical (unpaired) electrons. The van der Waals surface area contributed by atoms with E-state index in [-0.39, 0.29) is 57.1 Å². The monoisotopic (exact) mass is 972 g/mol. The van der Waals surface area contributed by atoms with Gasteiger partial charge in [0.05, 0.1) is 57.0 Å². The van der Waals surface area contributed by atoms with Gasteiger partial charge in [0.15, 0.2) is 5.96 Å². The highest BCUT2D eigenvalue weighted by molar-refractivity contribution is 6.42. The van der Waals surface area contributed by atoms with E-state index in [1.807, 2.05) is 36.4 Å². The van der Waals surface area contributed by atoms with Crippen molar-refractivity contribution in [2.45, 2.75) is 59.3 Å². The number of rotatable bonds is 21. The summed E-state index contributed by atoms with van der Waals surface area (Å²) in [7, 11) is 3.15. The summed E-state index contributed by atoms with van der Waals surface area (Å²) >= 11 is 12.1. The van der Waals surface area contributed by atoms with Crippen LogP contribution < -0.4 is 54.3 Å². The number of hydrogen-bond acceptors (Lipinski definition) is 12. The summed E-state index contributed by atoms with van der Waals surface area (Å²) in [6, 6.07) is 25.0. The van der Waals surface area contributed by atoms with Gasteiger partial charge in [-0.05, 0) is 96.0 Å². The second kappa shape index (κ2) is 25.0. The molecule has 0 bridgehead atoms. The van der Waals surface area contributed by atoms with Crippen LogP contribution in [0.15, 0.2) is 115 Å². The molecule has 18 nitrogen and oxygen atoms in total. The lowest BCUT2D eigenvalue weighted by atomic mass is 10.0. The lowest BCUT2D eigenvalue weighted by molar-refractivity contribution is 0.414. The van der Waals surface area contributed by atoms with Crippen molar-refractivity contribution in [3.05, 3.63) is 171 Å². The van der Waals surface area contributed by atoms with E-state index in [1.54, 1.807) is 44.6 Å². The molecule has 0 aliphatic carbocycles. The van der Waals surface area contributed by atoms with E-state index in [9.17, 15) is 23.6 Å². The Hall–Kier alpha value is -7.25. The Morgan fingerprint density at radius 1 is 0.676 bits per heavy atom. The van der Waals surface area contributed by atoms with Crippen LogP contribution in [0.5, 0.6) is 11.5 Å². The molecule has 0 aliphatic heterocycles. The van der Waals surface area contributed by atoms with Crippen LogP contribution in [0.4, 0.5) is 16.3 Å². The van der Waals surface area contributed by atoms with Gasteiger partial charge in [0, 0.05) is 18.8 Å². The van der Waals surface area contributed by atoms with Gasteiger partial charge in [-0.15, -0.1) is 0 Å². The third-order valence-corrected chi connectivity index (χ3v) is 10.9. The van der Waals surface area contributed by atoms with E-state index in [1.165, 1.54) is 33.4 Å². The van der Waals surface area contributed by atoms with E-state index >= 15 is 0 Å². The first-order chi connectivity index (χ1) is 32.5. The number of anilines is 2. The maximum atomic E-state index is 13.5. The zero-order valence-electron chi connectivity index (χ0n) is 38.2. The highest BCUT2D eigenvalue weighted by atomic mass is 35.5. The molecule has 0 amide bonds. The summed E-state index contributed by atoms with van der Waals surface area (Å²) in [6.45, 7) is 5.48. The number of nitrogens with two attached hydrogens (primary N) is 2. The highest BCUT2D eigenvalue weighted by Gasteiger charge is 2.17. The minimum absolute atomic E-state index is 0.0107. The van der Waals surface area contributed by atoms with Crippen molar-refractivity contribution >= 4 is 46.8 Å². The van der Waals surface area contributed by atoms with Crippen LogP contribution in [0.25, 0.3) is 0 Å². The Morgan fingerprint density at radius 2 is 1.12 bits per heavy atom. The van der Waals surface area contributed by atoms with Crippen LogP contribution in [0, 0.1) is 17.1 Å². The molecule has 0 aliphatic rings. The maximum absolute atomic E-state index is 13.5. The first kappa shape index (κ1) is 51.7. The molecule has 0 saturated carbocycles. The van der Waals surface area contributed by atoms with E-state index in [0.29, 0.717) is 63.7 Å². The fraction of sp³-hybridized carbons (Fsp3) is 0.319. The number of nitrogens with zero attached hydrogens (tertiary/aromatic N) is 7. The second-order valence-corrected chi connectivity index (χ2v) is 16.7. The van der Waals surface area contributed by atoms with Gasteiger partial charge < -0.3 is 37.0 Å². The van der Waals surface area contributed by atoms with Gasteiger partial charge in [-0.3, -0.25) is 14.1 Å². The molecular formula is C47H55Cl2FN12O6. The number of guanidine groups is 1.